The molecule has 0 atom stereocenters. The molecule has 0 unspecified atom stereocenters. The van der Waals surface area contributed by atoms with Gasteiger partial charge in [-0.2, -0.15) is 0 Å². The topological polar surface area (TPSA) is 15.3 Å². The van der Waals surface area contributed by atoms with Gasteiger partial charge in [0, 0.05) is 24.2 Å². The number of hydrogen-bond donors (Lipinski definition) is 1. The van der Waals surface area contributed by atoms with E-state index in [0.29, 0.717) is 0 Å². The zero-order chi connectivity index (χ0) is 12.6. The molecular formula is C14H28N2. The van der Waals surface area contributed by atoms with Crippen LogP contribution in [-0.4, -0.2) is 18.1 Å². The Hall–Kier alpha value is -0.500. The van der Waals surface area contributed by atoms with Crippen LogP contribution in [-0.2, 0) is 0 Å². The Kier molecular flexibility index (Phi) is 3.73. The highest BCUT2D eigenvalue weighted by atomic mass is 15.5. The van der Waals surface area contributed by atoms with E-state index in [2.05, 4.69) is 58.9 Å². The van der Waals surface area contributed by atoms with Gasteiger partial charge in [0.2, 0.25) is 0 Å². The van der Waals surface area contributed by atoms with E-state index in [4.69, 9.17) is 0 Å². The second-order valence-corrected chi connectivity index (χ2v) is 6.89. The lowest BCUT2D eigenvalue weighted by Crippen LogP contribution is -2.35. The molecule has 0 fully saturated rings. The molecule has 2 heteroatoms. The van der Waals surface area contributed by atoms with E-state index in [0.717, 1.165) is 13.1 Å². The maximum Gasteiger partial charge on any atom is 0.0414 e. The van der Waals surface area contributed by atoms with Crippen molar-refractivity contribution in [2.24, 2.45) is 10.8 Å². The molecular weight excluding hydrogens is 196 g/mol. The molecule has 0 aliphatic carbocycles. The number of rotatable bonds is 2. The maximum atomic E-state index is 3.60. The Bertz CT molecular complexity index is 250. The fourth-order valence-corrected chi connectivity index (χ4v) is 2.17. The molecule has 0 aromatic carbocycles. The molecule has 94 valence electrons. The zero-order valence-corrected chi connectivity index (χ0v) is 12.1. The SMILES string of the molecule is CCCN1CC(C(C)(C)C)=C(C(C)(C)C)N1. The summed E-state index contributed by atoms with van der Waals surface area (Å²) in [5.74, 6) is 0. The van der Waals surface area contributed by atoms with Crippen LogP contribution in [0.3, 0.4) is 0 Å². The molecule has 1 N–H and O–H groups in total. The van der Waals surface area contributed by atoms with Crippen molar-refractivity contribution in [3.8, 4) is 0 Å². The molecule has 0 saturated heterocycles. The molecule has 0 spiro atoms. The molecule has 0 radical (unpaired) electrons. The highest BCUT2D eigenvalue weighted by molar-refractivity contribution is 5.28. The van der Waals surface area contributed by atoms with Gasteiger partial charge >= 0.3 is 0 Å². The maximum absolute atomic E-state index is 3.60. The van der Waals surface area contributed by atoms with Gasteiger partial charge in [0.15, 0.2) is 0 Å². The highest BCUT2D eigenvalue weighted by Crippen LogP contribution is 2.38. The van der Waals surface area contributed by atoms with E-state index in [1.165, 1.54) is 12.1 Å². The summed E-state index contributed by atoms with van der Waals surface area (Å²) in [5.41, 5.74) is 7.06. The van der Waals surface area contributed by atoms with Crippen LogP contribution in [0.4, 0.5) is 0 Å². The van der Waals surface area contributed by atoms with Gasteiger partial charge in [-0.1, -0.05) is 48.5 Å². The van der Waals surface area contributed by atoms with E-state index >= 15 is 0 Å². The summed E-state index contributed by atoms with van der Waals surface area (Å²) in [7, 11) is 0. The van der Waals surface area contributed by atoms with Crippen molar-refractivity contribution in [3.05, 3.63) is 11.3 Å². The number of allylic oxidation sites excluding steroid dienone is 1. The minimum absolute atomic E-state index is 0.213. The summed E-state index contributed by atoms with van der Waals surface area (Å²) in [4.78, 5) is 0. The number of nitrogens with one attached hydrogen (secondary N) is 1. The van der Waals surface area contributed by atoms with Crippen LogP contribution in [0.1, 0.15) is 54.9 Å². The minimum atomic E-state index is 0.213. The fraction of sp³-hybridized carbons (Fsp3) is 0.857. The van der Waals surface area contributed by atoms with Crippen molar-refractivity contribution in [1.82, 2.24) is 10.4 Å². The first-order valence-electron chi connectivity index (χ1n) is 6.42. The molecule has 0 bridgehead atoms. The molecule has 0 saturated carbocycles. The van der Waals surface area contributed by atoms with Crippen molar-refractivity contribution < 1.29 is 0 Å². The Morgan fingerprint density at radius 1 is 1.06 bits per heavy atom. The van der Waals surface area contributed by atoms with Gasteiger partial charge in [0.25, 0.3) is 0 Å². The second-order valence-electron chi connectivity index (χ2n) is 6.89. The van der Waals surface area contributed by atoms with Gasteiger partial charge in [-0.25, -0.2) is 5.01 Å². The molecule has 1 rings (SSSR count). The third kappa shape index (κ3) is 3.00. The van der Waals surface area contributed by atoms with E-state index in [1.54, 1.807) is 5.57 Å². The molecule has 0 amide bonds. The Labute approximate surface area is 101 Å². The van der Waals surface area contributed by atoms with E-state index in [-0.39, 0.29) is 10.8 Å². The second kappa shape index (κ2) is 4.40. The van der Waals surface area contributed by atoms with Crippen molar-refractivity contribution in [2.45, 2.75) is 54.9 Å². The minimum Gasteiger partial charge on any atom is -0.322 e. The van der Waals surface area contributed by atoms with Crippen LogP contribution in [0.25, 0.3) is 0 Å². The lowest BCUT2D eigenvalue weighted by molar-refractivity contribution is 0.235. The lowest BCUT2D eigenvalue weighted by atomic mass is 9.79. The van der Waals surface area contributed by atoms with Crippen LogP contribution >= 0.6 is 0 Å². The number of hydrogen-bond acceptors (Lipinski definition) is 2. The van der Waals surface area contributed by atoms with Crippen molar-refractivity contribution in [3.63, 3.8) is 0 Å². The first-order chi connectivity index (χ1) is 7.16. The lowest BCUT2D eigenvalue weighted by Gasteiger charge is -2.28. The Balaban J connectivity index is 2.96. The number of nitrogens with zero attached hydrogens (tertiary/aromatic N) is 1. The predicted octanol–water partition coefficient (Wildman–Crippen LogP) is 3.56. The summed E-state index contributed by atoms with van der Waals surface area (Å²) in [5, 5.41) is 2.35. The molecule has 1 aliphatic rings. The van der Waals surface area contributed by atoms with Gasteiger partial charge in [0.1, 0.15) is 0 Å². The Morgan fingerprint density at radius 3 is 1.94 bits per heavy atom. The van der Waals surface area contributed by atoms with E-state index < -0.39 is 0 Å². The Morgan fingerprint density at radius 2 is 1.62 bits per heavy atom. The van der Waals surface area contributed by atoms with Gasteiger partial charge in [-0.05, 0) is 17.4 Å². The van der Waals surface area contributed by atoms with Gasteiger partial charge < -0.3 is 5.43 Å². The molecule has 2 nitrogen and oxygen atoms in total. The van der Waals surface area contributed by atoms with Crippen LogP contribution in [0.2, 0.25) is 0 Å². The van der Waals surface area contributed by atoms with Gasteiger partial charge in [0.05, 0.1) is 0 Å². The van der Waals surface area contributed by atoms with Crippen molar-refractivity contribution >= 4 is 0 Å². The van der Waals surface area contributed by atoms with Crippen LogP contribution in [0.15, 0.2) is 11.3 Å². The summed E-state index contributed by atoms with van der Waals surface area (Å²) in [6, 6.07) is 0. The zero-order valence-electron chi connectivity index (χ0n) is 12.1. The normalized spacial score (nSPS) is 19.2. The largest absolute Gasteiger partial charge is 0.322 e. The van der Waals surface area contributed by atoms with E-state index in [1.807, 2.05) is 0 Å². The third-order valence-electron chi connectivity index (χ3n) is 3.07. The highest BCUT2D eigenvalue weighted by Gasteiger charge is 2.34. The molecule has 0 aromatic rings. The monoisotopic (exact) mass is 224 g/mol. The van der Waals surface area contributed by atoms with Crippen LogP contribution < -0.4 is 5.43 Å². The quantitative estimate of drug-likeness (QED) is 0.771. The number of hydrazine groups is 1. The average molecular weight is 224 g/mol. The van der Waals surface area contributed by atoms with Crippen LogP contribution in [0, 0.1) is 10.8 Å². The molecule has 16 heavy (non-hydrogen) atoms. The smallest absolute Gasteiger partial charge is 0.0414 e. The summed E-state index contributed by atoms with van der Waals surface area (Å²) < 4.78 is 0. The van der Waals surface area contributed by atoms with Gasteiger partial charge in [-0.3, -0.25) is 0 Å². The first kappa shape index (κ1) is 13.6. The molecule has 1 heterocycles. The summed E-state index contributed by atoms with van der Waals surface area (Å²) in [6.07, 6.45) is 1.20. The van der Waals surface area contributed by atoms with Crippen LogP contribution in [0.5, 0.6) is 0 Å². The standard InChI is InChI=1S/C14H28N2/c1-8-9-16-10-11(13(2,3)4)12(15-16)14(5,6)7/h15H,8-10H2,1-7H3. The summed E-state index contributed by atoms with van der Waals surface area (Å²) >= 11 is 0. The van der Waals surface area contributed by atoms with E-state index in [9.17, 15) is 0 Å². The first-order valence-corrected chi connectivity index (χ1v) is 6.42. The molecule has 0 aromatic heterocycles. The summed E-state index contributed by atoms with van der Waals surface area (Å²) in [6.45, 7) is 18.2. The van der Waals surface area contributed by atoms with Crippen molar-refractivity contribution in [2.75, 3.05) is 13.1 Å². The fourth-order valence-electron chi connectivity index (χ4n) is 2.17. The average Bonchev–Trinajstić information content (AvgIpc) is 2.47. The predicted molar refractivity (Wildman–Crippen MR) is 70.9 cm³/mol. The van der Waals surface area contributed by atoms with Crippen molar-refractivity contribution in [1.29, 1.82) is 0 Å². The molecule has 1 aliphatic heterocycles. The third-order valence-corrected chi connectivity index (χ3v) is 3.07. The van der Waals surface area contributed by atoms with Gasteiger partial charge in [-0.15, -0.1) is 0 Å².